The third-order valence-electron chi connectivity index (χ3n) is 6.49. The predicted molar refractivity (Wildman–Crippen MR) is 103 cm³/mol. The molecule has 4 aliphatic carbocycles. The molecular weight excluding hydrogens is 348 g/mol. The molecule has 4 bridgehead atoms. The topological polar surface area (TPSA) is 42.0 Å². The Hall–Kier alpha value is -1.20. The van der Waals surface area contributed by atoms with Gasteiger partial charge in [0.05, 0.1) is 12.1 Å². The molecular formula is C20H24N2OS2. The highest BCUT2D eigenvalue weighted by Gasteiger charge is 2.50. The number of thiophene rings is 1. The Kier molecular flexibility index (Phi) is 3.97. The zero-order valence-corrected chi connectivity index (χ0v) is 16.0. The quantitative estimate of drug-likeness (QED) is 0.823. The summed E-state index contributed by atoms with van der Waals surface area (Å²) in [6.45, 7) is 0.886. The molecule has 0 aliphatic heterocycles. The zero-order valence-electron chi connectivity index (χ0n) is 14.4. The summed E-state index contributed by atoms with van der Waals surface area (Å²) < 4.78 is 0. The number of carbonyl (C=O) groups is 1. The van der Waals surface area contributed by atoms with Crippen LogP contribution in [0.1, 0.15) is 44.2 Å². The van der Waals surface area contributed by atoms with Gasteiger partial charge in [0.15, 0.2) is 0 Å². The number of hydrogen-bond donors (Lipinski definition) is 1. The fourth-order valence-electron chi connectivity index (χ4n) is 5.93. The smallest absolute Gasteiger partial charge is 0.226 e. The van der Waals surface area contributed by atoms with Crippen LogP contribution < -0.4 is 5.32 Å². The van der Waals surface area contributed by atoms with Crippen molar-refractivity contribution in [2.75, 3.05) is 6.54 Å². The lowest BCUT2D eigenvalue weighted by Gasteiger charge is -2.56. The molecule has 1 amide bonds. The van der Waals surface area contributed by atoms with Gasteiger partial charge >= 0.3 is 0 Å². The molecule has 2 aromatic rings. The molecule has 1 N–H and O–H groups in total. The molecule has 25 heavy (non-hydrogen) atoms. The first kappa shape index (κ1) is 16.0. The lowest BCUT2D eigenvalue weighted by molar-refractivity contribution is -0.122. The number of hydrogen-bond acceptors (Lipinski definition) is 4. The first-order chi connectivity index (χ1) is 12.2. The zero-order chi connectivity index (χ0) is 16.9. The van der Waals surface area contributed by atoms with Crippen molar-refractivity contribution in [2.24, 2.45) is 23.2 Å². The van der Waals surface area contributed by atoms with E-state index in [0.29, 0.717) is 11.8 Å². The van der Waals surface area contributed by atoms with Gasteiger partial charge in [-0.2, -0.15) is 11.3 Å². The van der Waals surface area contributed by atoms with E-state index in [0.717, 1.165) is 40.6 Å². The van der Waals surface area contributed by atoms with E-state index in [-0.39, 0.29) is 5.91 Å². The molecule has 0 saturated heterocycles. The van der Waals surface area contributed by atoms with Crippen molar-refractivity contribution in [3.05, 3.63) is 27.9 Å². The summed E-state index contributed by atoms with van der Waals surface area (Å²) in [5.41, 5.74) is 2.47. The van der Waals surface area contributed by atoms with Gasteiger partial charge < -0.3 is 5.32 Å². The van der Waals surface area contributed by atoms with Crippen LogP contribution in [0.5, 0.6) is 0 Å². The second kappa shape index (κ2) is 6.20. The summed E-state index contributed by atoms with van der Waals surface area (Å²) in [6, 6.07) is 2.08. The molecule has 4 aliphatic rings. The molecule has 0 unspecified atom stereocenters. The molecule has 4 saturated carbocycles. The minimum absolute atomic E-state index is 0.137. The third kappa shape index (κ3) is 3.17. The fourth-order valence-corrected chi connectivity index (χ4v) is 7.46. The van der Waals surface area contributed by atoms with Gasteiger partial charge in [-0.1, -0.05) is 0 Å². The molecule has 2 aromatic heterocycles. The monoisotopic (exact) mass is 372 g/mol. The van der Waals surface area contributed by atoms with Crippen molar-refractivity contribution in [2.45, 2.75) is 44.9 Å². The van der Waals surface area contributed by atoms with Gasteiger partial charge in [0, 0.05) is 22.9 Å². The summed E-state index contributed by atoms with van der Waals surface area (Å²) in [4.78, 5) is 17.1. The predicted octanol–water partition coefficient (Wildman–Crippen LogP) is 4.75. The minimum Gasteiger partial charge on any atom is -0.355 e. The van der Waals surface area contributed by atoms with Gasteiger partial charge in [0.1, 0.15) is 5.01 Å². The number of carbonyl (C=O) groups excluding carboxylic acids is 1. The number of thiazole rings is 1. The SMILES string of the molecule is O=C(Cc1csc(-c2ccsc2)n1)NCC12CC3CC(CC(C3)C1)C2. The van der Waals surface area contributed by atoms with Crippen LogP contribution in [0.4, 0.5) is 0 Å². The Morgan fingerprint density at radius 1 is 1.16 bits per heavy atom. The summed E-state index contributed by atoms with van der Waals surface area (Å²) in [5, 5.41) is 10.5. The Morgan fingerprint density at radius 2 is 1.88 bits per heavy atom. The Labute approximate surface area is 156 Å². The molecule has 2 heterocycles. The van der Waals surface area contributed by atoms with Crippen LogP contribution in [0, 0.1) is 23.2 Å². The van der Waals surface area contributed by atoms with Crippen LogP contribution >= 0.6 is 22.7 Å². The molecule has 0 atom stereocenters. The molecule has 6 rings (SSSR count). The van der Waals surface area contributed by atoms with Gasteiger partial charge in [-0.3, -0.25) is 4.79 Å². The van der Waals surface area contributed by atoms with Gasteiger partial charge in [-0.05, 0) is 73.1 Å². The average molecular weight is 373 g/mol. The van der Waals surface area contributed by atoms with Gasteiger partial charge in [-0.15, -0.1) is 11.3 Å². The Morgan fingerprint density at radius 3 is 2.52 bits per heavy atom. The summed E-state index contributed by atoms with van der Waals surface area (Å²) in [7, 11) is 0. The maximum atomic E-state index is 12.5. The van der Waals surface area contributed by atoms with E-state index < -0.39 is 0 Å². The van der Waals surface area contributed by atoms with E-state index in [1.165, 1.54) is 38.5 Å². The van der Waals surface area contributed by atoms with E-state index in [2.05, 4.69) is 27.1 Å². The first-order valence-electron chi connectivity index (χ1n) is 9.41. The van der Waals surface area contributed by atoms with Gasteiger partial charge in [0.2, 0.25) is 5.91 Å². The first-order valence-corrected chi connectivity index (χ1v) is 11.2. The maximum Gasteiger partial charge on any atom is 0.226 e. The van der Waals surface area contributed by atoms with Crippen LogP contribution in [0.25, 0.3) is 10.6 Å². The third-order valence-corrected chi connectivity index (χ3v) is 8.11. The molecule has 5 heteroatoms. The molecule has 0 spiro atoms. The summed E-state index contributed by atoms with van der Waals surface area (Å²) in [6.07, 6.45) is 8.81. The second-order valence-corrected chi connectivity index (χ2v) is 10.2. The van der Waals surface area contributed by atoms with Crippen molar-refractivity contribution in [1.82, 2.24) is 10.3 Å². The second-order valence-electron chi connectivity index (χ2n) is 8.53. The van der Waals surface area contributed by atoms with E-state index in [9.17, 15) is 4.79 Å². The summed E-state index contributed by atoms with van der Waals surface area (Å²) in [5.74, 6) is 2.96. The van der Waals surface area contributed by atoms with Crippen molar-refractivity contribution in [3.63, 3.8) is 0 Å². The highest BCUT2D eigenvalue weighted by Crippen LogP contribution is 2.59. The van der Waals surface area contributed by atoms with Crippen molar-refractivity contribution in [3.8, 4) is 10.6 Å². The molecule has 0 aromatic carbocycles. The average Bonchev–Trinajstić information content (AvgIpc) is 3.23. The lowest BCUT2D eigenvalue weighted by Crippen LogP contribution is -2.51. The Bertz CT molecular complexity index is 729. The number of nitrogens with zero attached hydrogens (tertiary/aromatic N) is 1. The highest BCUT2D eigenvalue weighted by atomic mass is 32.1. The van der Waals surface area contributed by atoms with E-state index >= 15 is 0 Å². The van der Waals surface area contributed by atoms with Crippen LogP contribution in [-0.2, 0) is 11.2 Å². The maximum absolute atomic E-state index is 12.5. The van der Waals surface area contributed by atoms with Gasteiger partial charge in [-0.25, -0.2) is 4.98 Å². The van der Waals surface area contributed by atoms with Crippen molar-refractivity contribution >= 4 is 28.6 Å². The summed E-state index contributed by atoms with van der Waals surface area (Å²) >= 11 is 3.31. The number of amides is 1. The van der Waals surface area contributed by atoms with Crippen molar-refractivity contribution in [1.29, 1.82) is 0 Å². The Balaban J connectivity index is 1.19. The minimum atomic E-state index is 0.137. The number of rotatable bonds is 5. The number of nitrogens with one attached hydrogen (secondary N) is 1. The van der Waals surface area contributed by atoms with E-state index in [4.69, 9.17) is 0 Å². The fraction of sp³-hybridized carbons (Fsp3) is 0.600. The number of aromatic nitrogens is 1. The standard InChI is InChI=1S/C20H24N2OS2/c23-18(6-17-11-25-19(22-17)16-1-2-24-10-16)21-12-20-7-13-3-14(8-20)5-15(4-13)9-20/h1-2,10-11,13-15H,3-9,12H2,(H,21,23). The van der Waals surface area contributed by atoms with Gasteiger partial charge in [0.25, 0.3) is 0 Å². The van der Waals surface area contributed by atoms with Crippen LogP contribution in [0.15, 0.2) is 22.2 Å². The lowest BCUT2D eigenvalue weighted by atomic mass is 9.49. The van der Waals surface area contributed by atoms with Crippen LogP contribution in [-0.4, -0.2) is 17.4 Å². The molecule has 0 radical (unpaired) electrons. The molecule has 3 nitrogen and oxygen atoms in total. The normalized spacial score (nSPS) is 32.9. The van der Waals surface area contributed by atoms with Crippen molar-refractivity contribution < 1.29 is 4.79 Å². The largest absolute Gasteiger partial charge is 0.355 e. The van der Waals surface area contributed by atoms with Crippen LogP contribution in [0.3, 0.4) is 0 Å². The molecule has 132 valence electrons. The van der Waals surface area contributed by atoms with E-state index in [1.807, 2.05) is 5.38 Å². The van der Waals surface area contributed by atoms with Crippen LogP contribution in [0.2, 0.25) is 0 Å². The molecule has 4 fully saturated rings. The van der Waals surface area contributed by atoms with E-state index in [1.54, 1.807) is 22.7 Å². The highest BCUT2D eigenvalue weighted by molar-refractivity contribution is 7.14.